The zero-order chi connectivity index (χ0) is 19.2. The van der Waals surface area contributed by atoms with E-state index in [1.807, 2.05) is 12.1 Å². The number of nitrogens with zero attached hydrogens (tertiary/aromatic N) is 1. The van der Waals surface area contributed by atoms with Gasteiger partial charge >= 0.3 is 0 Å². The second kappa shape index (κ2) is 8.96. The lowest BCUT2D eigenvalue weighted by Crippen LogP contribution is -2.22. The summed E-state index contributed by atoms with van der Waals surface area (Å²) in [5.41, 5.74) is 2.82. The number of carbonyl (C=O) groups excluding carboxylic acids is 1. The average molecular weight is 375 g/mol. The van der Waals surface area contributed by atoms with E-state index >= 15 is 0 Å². The van der Waals surface area contributed by atoms with E-state index in [2.05, 4.69) is 24.4 Å². The third-order valence-corrected chi connectivity index (χ3v) is 5.95. The van der Waals surface area contributed by atoms with Gasteiger partial charge in [0.05, 0.1) is 11.3 Å². The summed E-state index contributed by atoms with van der Waals surface area (Å²) in [5.74, 6) is -0.130. The normalized spacial score (nSPS) is 11.5. The van der Waals surface area contributed by atoms with Gasteiger partial charge in [-0.05, 0) is 48.2 Å². The molecule has 0 aliphatic heterocycles. The van der Waals surface area contributed by atoms with Crippen LogP contribution in [0, 0.1) is 0 Å². The van der Waals surface area contributed by atoms with Crippen LogP contribution >= 0.6 is 0 Å². The Balaban J connectivity index is 1.95. The Hall–Kier alpha value is -2.18. The highest BCUT2D eigenvalue weighted by Crippen LogP contribution is 2.17. The molecule has 26 heavy (non-hydrogen) atoms. The molecule has 0 unspecified atom stereocenters. The first kappa shape index (κ1) is 20.1. The second-order valence-corrected chi connectivity index (χ2v) is 8.61. The topological polar surface area (TPSA) is 66.5 Å². The van der Waals surface area contributed by atoms with Crippen LogP contribution in [0.4, 0.5) is 5.69 Å². The summed E-state index contributed by atoms with van der Waals surface area (Å²) in [4.78, 5) is 12.4. The molecule has 1 N–H and O–H groups in total. The van der Waals surface area contributed by atoms with Crippen molar-refractivity contribution in [2.45, 2.75) is 37.5 Å². The maximum absolute atomic E-state index is 12.2. The molecule has 0 fully saturated rings. The van der Waals surface area contributed by atoms with E-state index in [0.29, 0.717) is 5.69 Å². The predicted molar refractivity (Wildman–Crippen MR) is 105 cm³/mol. The van der Waals surface area contributed by atoms with Crippen LogP contribution in [-0.2, 0) is 27.7 Å². The zero-order valence-electron chi connectivity index (χ0n) is 15.5. The Labute approximate surface area is 156 Å². The Kier molecular flexibility index (Phi) is 6.94. The van der Waals surface area contributed by atoms with E-state index in [-0.39, 0.29) is 17.2 Å². The van der Waals surface area contributed by atoms with Gasteiger partial charge in [-0.1, -0.05) is 37.6 Å². The van der Waals surface area contributed by atoms with E-state index in [9.17, 15) is 13.2 Å². The first-order valence-electron chi connectivity index (χ1n) is 8.73. The van der Waals surface area contributed by atoms with Gasteiger partial charge in [-0.25, -0.2) is 12.7 Å². The zero-order valence-corrected chi connectivity index (χ0v) is 16.3. The molecule has 6 heteroatoms. The number of aryl methyl sites for hydroxylation is 1. The van der Waals surface area contributed by atoms with Crippen LogP contribution in [-0.4, -0.2) is 32.7 Å². The van der Waals surface area contributed by atoms with Gasteiger partial charge < -0.3 is 5.32 Å². The van der Waals surface area contributed by atoms with Gasteiger partial charge in [-0.15, -0.1) is 0 Å². The largest absolute Gasteiger partial charge is 0.326 e. The lowest BCUT2D eigenvalue weighted by molar-refractivity contribution is -0.115. The van der Waals surface area contributed by atoms with Gasteiger partial charge in [0.25, 0.3) is 0 Å². The van der Waals surface area contributed by atoms with Crippen molar-refractivity contribution in [2.24, 2.45) is 0 Å². The number of carbonyl (C=O) groups is 1. The van der Waals surface area contributed by atoms with Crippen LogP contribution in [0.15, 0.2) is 53.4 Å². The number of amides is 1. The molecule has 0 saturated carbocycles. The summed E-state index contributed by atoms with van der Waals surface area (Å²) in [5, 5.41) is 2.80. The number of benzene rings is 2. The fraction of sp³-hybridized carbons (Fsp3) is 0.350. The van der Waals surface area contributed by atoms with Crippen LogP contribution in [0.2, 0.25) is 0 Å². The predicted octanol–water partition coefficient (Wildman–Crippen LogP) is 3.46. The minimum absolute atomic E-state index is 0.130. The summed E-state index contributed by atoms with van der Waals surface area (Å²) in [6.45, 7) is 2.17. The number of sulfonamides is 1. The lowest BCUT2D eigenvalue weighted by Gasteiger charge is -2.12. The van der Waals surface area contributed by atoms with Gasteiger partial charge in [0, 0.05) is 19.8 Å². The molecule has 140 valence electrons. The lowest BCUT2D eigenvalue weighted by atomic mass is 10.0. The number of hydrogen-bond donors (Lipinski definition) is 1. The van der Waals surface area contributed by atoms with Crippen LogP contribution in [0.1, 0.15) is 30.9 Å². The fourth-order valence-corrected chi connectivity index (χ4v) is 3.42. The molecule has 2 rings (SSSR count). The van der Waals surface area contributed by atoms with Crippen molar-refractivity contribution in [1.82, 2.24) is 4.31 Å². The maximum Gasteiger partial charge on any atom is 0.242 e. The van der Waals surface area contributed by atoms with Gasteiger partial charge in [-0.2, -0.15) is 0 Å². The van der Waals surface area contributed by atoms with Gasteiger partial charge in [-0.3, -0.25) is 4.79 Å². The molecule has 0 aliphatic rings. The number of unbranched alkanes of at least 4 members (excludes halogenated alkanes) is 1. The van der Waals surface area contributed by atoms with Crippen molar-refractivity contribution in [2.75, 3.05) is 19.4 Å². The molecule has 0 aromatic heterocycles. The minimum Gasteiger partial charge on any atom is -0.326 e. The van der Waals surface area contributed by atoms with Gasteiger partial charge in [0.1, 0.15) is 0 Å². The molecule has 0 bridgehead atoms. The summed E-state index contributed by atoms with van der Waals surface area (Å²) in [7, 11) is -0.492. The third kappa shape index (κ3) is 5.41. The van der Waals surface area contributed by atoms with E-state index in [4.69, 9.17) is 0 Å². The highest BCUT2D eigenvalue weighted by molar-refractivity contribution is 7.89. The van der Waals surface area contributed by atoms with E-state index < -0.39 is 10.0 Å². The molecule has 0 aliphatic carbocycles. The van der Waals surface area contributed by atoms with Gasteiger partial charge in [0.15, 0.2) is 0 Å². The Morgan fingerprint density at radius 1 is 0.962 bits per heavy atom. The molecule has 1 amide bonds. The smallest absolute Gasteiger partial charge is 0.242 e. The summed E-state index contributed by atoms with van der Waals surface area (Å²) < 4.78 is 25.2. The van der Waals surface area contributed by atoms with E-state index in [1.54, 1.807) is 12.1 Å². The van der Waals surface area contributed by atoms with Crippen LogP contribution in [0.25, 0.3) is 0 Å². The van der Waals surface area contributed by atoms with Crippen molar-refractivity contribution < 1.29 is 13.2 Å². The van der Waals surface area contributed by atoms with E-state index in [1.165, 1.54) is 44.6 Å². The SMILES string of the molecule is CCCCc1ccc(CC(=O)Nc2ccc(S(=O)(=O)N(C)C)cc2)cc1. The Morgan fingerprint density at radius 3 is 2.08 bits per heavy atom. The minimum atomic E-state index is -3.46. The van der Waals surface area contributed by atoms with Crippen LogP contribution < -0.4 is 5.32 Å². The summed E-state index contributed by atoms with van der Waals surface area (Å²) in [6.07, 6.45) is 3.68. The van der Waals surface area contributed by atoms with Crippen LogP contribution in [0.5, 0.6) is 0 Å². The monoisotopic (exact) mass is 374 g/mol. The summed E-state index contributed by atoms with van der Waals surface area (Å²) in [6, 6.07) is 14.3. The molecule has 0 saturated heterocycles. The third-order valence-electron chi connectivity index (χ3n) is 4.12. The highest BCUT2D eigenvalue weighted by Gasteiger charge is 2.16. The Morgan fingerprint density at radius 2 is 1.54 bits per heavy atom. The molecule has 0 atom stereocenters. The quantitative estimate of drug-likeness (QED) is 0.769. The molecule has 0 spiro atoms. The Bertz CT molecular complexity index is 826. The highest BCUT2D eigenvalue weighted by atomic mass is 32.2. The van der Waals surface area contributed by atoms with Crippen molar-refractivity contribution in [3.05, 3.63) is 59.7 Å². The number of nitrogens with one attached hydrogen (secondary N) is 1. The number of hydrogen-bond acceptors (Lipinski definition) is 3. The van der Waals surface area contributed by atoms with Gasteiger partial charge in [0.2, 0.25) is 15.9 Å². The first-order chi connectivity index (χ1) is 12.3. The van der Waals surface area contributed by atoms with Crippen LogP contribution in [0.3, 0.4) is 0 Å². The maximum atomic E-state index is 12.2. The molecule has 5 nitrogen and oxygen atoms in total. The standard InChI is InChI=1S/C20H26N2O3S/c1-4-5-6-16-7-9-17(10-8-16)15-20(23)21-18-11-13-19(14-12-18)26(24,25)22(2)3/h7-14H,4-6,15H2,1-3H3,(H,21,23). The first-order valence-corrected chi connectivity index (χ1v) is 10.2. The molecule has 0 heterocycles. The van der Waals surface area contributed by atoms with Crippen molar-refractivity contribution in [1.29, 1.82) is 0 Å². The van der Waals surface area contributed by atoms with Crippen molar-refractivity contribution in [3.63, 3.8) is 0 Å². The molecule has 2 aromatic rings. The molecule has 0 radical (unpaired) electrons. The van der Waals surface area contributed by atoms with E-state index in [0.717, 1.165) is 16.3 Å². The van der Waals surface area contributed by atoms with Crippen molar-refractivity contribution in [3.8, 4) is 0 Å². The molecular formula is C20H26N2O3S. The van der Waals surface area contributed by atoms with Crippen molar-refractivity contribution >= 4 is 21.6 Å². The fourth-order valence-electron chi connectivity index (χ4n) is 2.52. The molecular weight excluding hydrogens is 348 g/mol. The summed E-state index contributed by atoms with van der Waals surface area (Å²) >= 11 is 0. The number of anilines is 1. The molecule has 2 aromatic carbocycles. The average Bonchev–Trinajstić information content (AvgIpc) is 2.61. The second-order valence-electron chi connectivity index (χ2n) is 6.46. The number of rotatable bonds is 8.